The van der Waals surface area contributed by atoms with E-state index < -0.39 is 0 Å². The summed E-state index contributed by atoms with van der Waals surface area (Å²) in [5.74, 6) is 0.775. The lowest BCUT2D eigenvalue weighted by Crippen LogP contribution is -2.22. The molecule has 5 rings (SSSR count). The van der Waals surface area contributed by atoms with Crippen molar-refractivity contribution >= 4 is 22.8 Å². The summed E-state index contributed by atoms with van der Waals surface area (Å²) >= 11 is 1.65. The van der Waals surface area contributed by atoms with Crippen molar-refractivity contribution in [3.63, 3.8) is 0 Å². The zero-order valence-electron chi connectivity index (χ0n) is 17.8. The highest BCUT2D eigenvalue weighted by atomic mass is 32.1. The van der Waals surface area contributed by atoms with E-state index in [2.05, 4.69) is 25.2 Å². The Morgan fingerprint density at radius 3 is 2.84 bits per heavy atom. The van der Waals surface area contributed by atoms with Crippen LogP contribution in [0.3, 0.4) is 0 Å². The van der Waals surface area contributed by atoms with E-state index >= 15 is 0 Å². The number of hydrogen-bond acceptors (Lipinski definition) is 5. The fourth-order valence-corrected chi connectivity index (χ4v) is 4.36. The summed E-state index contributed by atoms with van der Waals surface area (Å²) in [6, 6.07) is 11.5. The number of nitrogens with one attached hydrogen (secondary N) is 1. The van der Waals surface area contributed by atoms with E-state index in [0.717, 1.165) is 39.0 Å². The maximum Gasteiger partial charge on any atom is 0.253 e. The van der Waals surface area contributed by atoms with Crippen molar-refractivity contribution in [2.24, 2.45) is 0 Å². The minimum Gasteiger partial charge on any atom is -0.348 e. The fraction of sp³-hybridized carbons (Fsp3) is 0.167. The molecule has 0 aliphatic heterocycles. The Morgan fingerprint density at radius 1 is 1.16 bits per heavy atom. The molecule has 32 heavy (non-hydrogen) atoms. The molecule has 1 N–H and O–H groups in total. The Labute approximate surface area is 189 Å². The maximum absolute atomic E-state index is 13.0. The minimum absolute atomic E-state index is 0.127. The normalized spacial score (nSPS) is 11.2. The average Bonchev–Trinajstić information content (AvgIpc) is 3.50. The van der Waals surface area contributed by atoms with E-state index in [9.17, 15) is 4.79 Å². The Hall–Kier alpha value is -3.78. The molecule has 0 saturated heterocycles. The Morgan fingerprint density at radius 2 is 2.06 bits per heavy atom. The number of pyridine rings is 2. The van der Waals surface area contributed by atoms with Gasteiger partial charge in [-0.05, 0) is 43.7 Å². The molecule has 0 aliphatic carbocycles. The van der Waals surface area contributed by atoms with Crippen LogP contribution in [0.1, 0.15) is 32.4 Å². The number of rotatable bonds is 6. The van der Waals surface area contributed by atoms with Crippen LogP contribution < -0.4 is 5.32 Å². The van der Waals surface area contributed by atoms with Gasteiger partial charge in [0.1, 0.15) is 11.5 Å². The molecule has 5 heterocycles. The molecule has 5 aromatic rings. The molecule has 160 valence electrons. The summed E-state index contributed by atoms with van der Waals surface area (Å²) < 4.78 is 4.10. The number of fused-ring (bicyclic) bond motifs is 1. The van der Waals surface area contributed by atoms with Crippen molar-refractivity contribution in [2.75, 3.05) is 0 Å². The smallest absolute Gasteiger partial charge is 0.253 e. The van der Waals surface area contributed by atoms with E-state index in [0.29, 0.717) is 18.7 Å². The quantitative estimate of drug-likeness (QED) is 0.427. The highest BCUT2D eigenvalue weighted by molar-refractivity contribution is 7.09. The van der Waals surface area contributed by atoms with Gasteiger partial charge in [-0.25, -0.2) is 9.97 Å². The summed E-state index contributed by atoms with van der Waals surface area (Å²) in [5, 5.41) is 6.13. The monoisotopic (exact) mass is 442 g/mol. The number of carbonyl (C=O) groups excluding carboxylic acids is 1. The molecular formula is C24H22N6OS. The minimum atomic E-state index is -0.127. The molecular weight excluding hydrogens is 420 g/mol. The van der Waals surface area contributed by atoms with Crippen molar-refractivity contribution < 1.29 is 4.79 Å². The number of aromatic nitrogens is 5. The van der Waals surface area contributed by atoms with E-state index in [1.807, 2.05) is 67.0 Å². The van der Waals surface area contributed by atoms with Crippen LogP contribution in [-0.4, -0.2) is 29.8 Å². The van der Waals surface area contributed by atoms with Gasteiger partial charge in [0.25, 0.3) is 5.91 Å². The zero-order chi connectivity index (χ0) is 22.1. The average molecular weight is 443 g/mol. The van der Waals surface area contributed by atoms with Gasteiger partial charge in [-0.2, -0.15) is 0 Å². The second-order valence-corrected chi connectivity index (χ2v) is 8.66. The Bertz CT molecular complexity index is 1400. The summed E-state index contributed by atoms with van der Waals surface area (Å²) in [6.45, 7) is 5.09. The fourth-order valence-electron chi connectivity index (χ4n) is 3.76. The van der Waals surface area contributed by atoms with Gasteiger partial charge >= 0.3 is 0 Å². The lowest BCUT2D eigenvalue weighted by Gasteiger charge is -2.04. The molecule has 0 aliphatic rings. The van der Waals surface area contributed by atoms with Gasteiger partial charge in [-0.1, -0.05) is 12.1 Å². The predicted molar refractivity (Wildman–Crippen MR) is 125 cm³/mol. The molecule has 0 fully saturated rings. The molecule has 0 radical (unpaired) electrons. The number of carbonyl (C=O) groups is 1. The van der Waals surface area contributed by atoms with Crippen LogP contribution in [0, 0.1) is 13.8 Å². The van der Waals surface area contributed by atoms with Crippen molar-refractivity contribution in [1.29, 1.82) is 0 Å². The summed E-state index contributed by atoms with van der Waals surface area (Å²) in [4.78, 5) is 26.5. The molecule has 0 aromatic carbocycles. The molecule has 0 unspecified atom stereocenters. The number of imidazole rings is 1. The number of hydrogen-bond donors (Lipinski definition) is 1. The standard InChI is InChI=1S/C24H22N6OS/c1-16-27-21(14-29(16)13-19-15-32-17(2)28-19)23-10-20(22-7-3-4-9-30(22)23)24(31)26-12-18-6-5-8-25-11-18/h3-11,14-15H,12-13H2,1-2H3,(H,26,31). The lowest BCUT2D eigenvalue weighted by molar-refractivity contribution is 0.0952. The summed E-state index contributed by atoms with van der Waals surface area (Å²) in [6.07, 6.45) is 7.45. The molecule has 0 spiro atoms. The highest BCUT2D eigenvalue weighted by Gasteiger charge is 2.18. The van der Waals surface area contributed by atoms with Gasteiger partial charge in [0.05, 0.1) is 34.0 Å². The Kier molecular flexibility index (Phi) is 5.28. The first-order valence-electron chi connectivity index (χ1n) is 10.3. The highest BCUT2D eigenvalue weighted by Crippen LogP contribution is 2.26. The molecule has 5 aromatic heterocycles. The van der Waals surface area contributed by atoms with Gasteiger partial charge in [0.15, 0.2) is 0 Å². The van der Waals surface area contributed by atoms with Crippen LogP contribution >= 0.6 is 11.3 Å². The third kappa shape index (κ3) is 3.92. The van der Waals surface area contributed by atoms with Crippen LogP contribution in [0.4, 0.5) is 0 Å². The molecule has 7 nitrogen and oxygen atoms in total. The molecule has 1 amide bonds. The van der Waals surface area contributed by atoms with Crippen molar-refractivity contribution in [2.45, 2.75) is 26.9 Å². The van der Waals surface area contributed by atoms with Gasteiger partial charge < -0.3 is 14.3 Å². The van der Waals surface area contributed by atoms with Crippen LogP contribution in [0.2, 0.25) is 0 Å². The van der Waals surface area contributed by atoms with E-state index in [4.69, 9.17) is 4.98 Å². The largest absolute Gasteiger partial charge is 0.348 e. The first-order valence-corrected chi connectivity index (χ1v) is 11.2. The van der Waals surface area contributed by atoms with E-state index in [1.54, 1.807) is 23.7 Å². The molecule has 0 saturated carbocycles. The van der Waals surface area contributed by atoms with Crippen LogP contribution in [0.25, 0.3) is 16.9 Å². The van der Waals surface area contributed by atoms with Gasteiger partial charge in [-0.3, -0.25) is 9.78 Å². The summed E-state index contributed by atoms with van der Waals surface area (Å²) in [7, 11) is 0. The number of amides is 1. The second-order valence-electron chi connectivity index (χ2n) is 7.60. The van der Waals surface area contributed by atoms with Gasteiger partial charge in [0.2, 0.25) is 0 Å². The lowest BCUT2D eigenvalue weighted by atomic mass is 10.2. The van der Waals surface area contributed by atoms with Gasteiger partial charge in [0, 0.05) is 36.7 Å². The zero-order valence-corrected chi connectivity index (χ0v) is 18.6. The molecule has 8 heteroatoms. The SMILES string of the molecule is Cc1nc(Cn2cc(-c3cc(C(=O)NCc4cccnc4)c4ccccn34)nc2C)cs1. The first-order chi connectivity index (χ1) is 15.6. The predicted octanol–water partition coefficient (Wildman–Crippen LogP) is 4.25. The van der Waals surface area contributed by atoms with Crippen LogP contribution in [-0.2, 0) is 13.1 Å². The van der Waals surface area contributed by atoms with Crippen LogP contribution in [0.15, 0.2) is 66.6 Å². The number of thiazole rings is 1. The van der Waals surface area contributed by atoms with Crippen molar-refractivity contribution in [3.05, 3.63) is 94.2 Å². The van der Waals surface area contributed by atoms with Crippen molar-refractivity contribution in [3.8, 4) is 11.4 Å². The Balaban J connectivity index is 1.46. The van der Waals surface area contributed by atoms with Crippen LogP contribution in [0.5, 0.6) is 0 Å². The molecule has 0 bridgehead atoms. The number of aryl methyl sites for hydroxylation is 2. The second kappa shape index (κ2) is 8.39. The van der Waals surface area contributed by atoms with Gasteiger partial charge in [-0.15, -0.1) is 11.3 Å². The summed E-state index contributed by atoms with van der Waals surface area (Å²) in [5.41, 5.74) is 5.14. The number of nitrogens with zero attached hydrogens (tertiary/aromatic N) is 5. The van der Waals surface area contributed by atoms with E-state index in [-0.39, 0.29) is 5.91 Å². The maximum atomic E-state index is 13.0. The molecule has 0 atom stereocenters. The van der Waals surface area contributed by atoms with Crippen molar-refractivity contribution in [1.82, 2.24) is 29.2 Å². The third-order valence-electron chi connectivity index (χ3n) is 5.33. The van der Waals surface area contributed by atoms with E-state index in [1.165, 1.54) is 0 Å². The topological polar surface area (TPSA) is 77.1 Å². The third-order valence-corrected chi connectivity index (χ3v) is 6.16. The first kappa shape index (κ1) is 20.1.